The topological polar surface area (TPSA) is 36.9 Å². The van der Waals surface area contributed by atoms with Crippen LogP contribution >= 0.6 is 11.8 Å². The smallest absolute Gasteiger partial charge is 0.133 e. The van der Waals surface area contributed by atoms with Gasteiger partial charge in [-0.2, -0.15) is 11.8 Å². The SMILES string of the molecule is COc1ccc(OC(CSCC(Oc2ccc(OC)cc2)c2ccccc2)c2ccccc2)cc1. The van der Waals surface area contributed by atoms with Crippen LogP contribution in [0.3, 0.4) is 0 Å². The van der Waals surface area contributed by atoms with Gasteiger partial charge in [-0.25, -0.2) is 0 Å². The Morgan fingerprint density at radius 2 is 0.829 bits per heavy atom. The molecular formula is C30H30O4S. The summed E-state index contributed by atoms with van der Waals surface area (Å²) in [6.07, 6.45) is -0.181. The summed E-state index contributed by atoms with van der Waals surface area (Å²) in [5, 5.41) is 0. The summed E-state index contributed by atoms with van der Waals surface area (Å²) in [5.41, 5.74) is 2.28. The molecule has 0 saturated heterocycles. The molecule has 0 radical (unpaired) electrons. The van der Waals surface area contributed by atoms with Gasteiger partial charge in [0.2, 0.25) is 0 Å². The van der Waals surface area contributed by atoms with Gasteiger partial charge < -0.3 is 18.9 Å². The Bertz CT molecular complexity index is 1040. The Balaban J connectivity index is 1.46. The Hall–Kier alpha value is -3.57. The highest BCUT2D eigenvalue weighted by atomic mass is 32.2. The zero-order chi connectivity index (χ0) is 24.3. The molecule has 0 heterocycles. The van der Waals surface area contributed by atoms with Crippen molar-refractivity contribution in [2.24, 2.45) is 0 Å². The van der Waals surface area contributed by atoms with Crippen LogP contribution in [0.1, 0.15) is 23.3 Å². The molecule has 0 saturated carbocycles. The largest absolute Gasteiger partial charge is 0.497 e. The first-order chi connectivity index (χ1) is 17.2. The molecule has 0 N–H and O–H groups in total. The van der Waals surface area contributed by atoms with Crippen molar-refractivity contribution in [3.63, 3.8) is 0 Å². The van der Waals surface area contributed by atoms with Crippen molar-refractivity contribution < 1.29 is 18.9 Å². The van der Waals surface area contributed by atoms with E-state index in [1.165, 1.54) is 0 Å². The van der Waals surface area contributed by atoms with E-state index in [0.29, 0.717) is 0 Å². The van der Waals surface area contributed by atoms with Gasteiger partial charge in [-0.1, -0.05) is 60.7 Å². The number of rotatable bonds is 12. The van der Waals surface area contributed by atoms with Crippen LogP contribution in [-0.4, -0.2) is 25.7 Å². The van der Waals surface area contributed by atoms with Crippen LogP contribution in [0.5, 0.6) is 23.0 Å². The number of thioether (sulfide) groups is 1. The monoisotopic (exact) mass is 486 g/mol. The zero-order valence-corrected chi connectivity index (χ0v) is 20.8. The van der Waals surface area contributed by atoms with Gasteiger partial charge in [0, 0.05) is 11.5 Å². The van der Waals surface area contributed by atoms with Crippen molar-refractivity contribution in [3.8, 4) is 23.0 Å². The number of hydrogen-bond donors (Lipinski definition) is 0. The highest BCUT2D eigenvalue weighted by Crippen LogP contribution is 2.31. The number of ether oxygens (including phenoxy) is 4. The Morgan fingerprint density at radius 1 is 0.486 bits per heavy atom. The van der Waals surface area contributed by atoms with Gasteiger partial charge in [0.1, 0.15) is 35.2 Å². The van der Waals surface area contributed by atoms with Gasteiger partial charge >= 0.3 is 0 Å². The van der Waals surface area contributed by atoms with Crippen LogP contribution in [0.25, 0.3) is 0 Å². The summed E-state index contributed by atoms with van der Waals surface area (Å²) >= 11 is 1.81. The molecule has 4 nitrogen and oxygen atoms in total. The molecular weight excluding hydrogens is 456 g/mol. The molecule has 0 amide bonds. The quantitative estimate of drug-likeness (QED) is 0.209. The van der Waals surface area contributed by atoms with E-state index in [4.69, 9.17) is 18.9 Å². The lowest BCUT2D eigenvalue weighted by molar-refractivity contribution is 0.226. The maximum atomic E-state index is 6.40. The fourth-order valence-corrected chi connectivity index (χ4v) is 4.74. The summed E-state index contributed by atoms with van der Waals surface area (Å²) in [7, 11) is 3.33. The van der Waals surface area contributed by atoms with Gasteiger partial charge in [-0.05, 0) is 59.7 Å². The molecule has 0 fully saturated rings. The predicted octanol–water partition coefficient (Wildman–Crippen LogP) is 7.38. The van der Waals surface area contributed by atoms with Gasteiger partial charge in [-0.3, -0.25) is 0 Å². The first-order valence-electron chi connectivity index (χ1n) is 11.5. The van der Waals surface area contributed by atoms with E-state index in [9.17, 15) is 0 Å². The second-order valence-corrected chi connectivity index (χ2v) is 9.00. The standard InChI is InChI=1S/C30H30O4S/c1-31-25-13-17-27(18-14-25)33-29(23-9-5-3-6-10-23)21-35-22-30(24-11-7-4-8-12-24)34-28-19-15-26(32-2)16-20-28/h3-20,29-30H,21-22H2,1-2H3. The molecule has 0 aromatic heterocycles. The molecule has 0 aliphatic rings. The lowest BCUT2D eigenvalue weighted by Gasteiger charge is -2.23. The Kier molecular flexibility index (Phi) is 8.96. The molecule has 0 spiro atoms. The van der Waals surface area contributed by atoms with E-state index in [1.807, 2.05) is 96.7 Å². The zero-order valence-electron chi connectivity index (χ0n) is 20.0. The fraction of sp³-hybridized carbons (Fsp3) is 0.200. The van der Waals surface area contributed by atoms with E-state index in [1.54, 1.807) is 14.2 Å². The first-order valence-corrected chi connectivity index (χ1v) is 12.7. The summed E-state index contributed by atoms with van der Waals surface area (Å²) in [6, 6.07) is 36.1. The molecule has 2 unspecified atom stereocenters. The number of methoxy groups -OCH3 is 2. The minimum Gasteiger partial charge on any atom is -0.497 e. The van der Waals surface area contributed by atoms with E-state index in [0.717, 1.165) is 45.6 Å². The van der Waals surface area contributed by atoms with Gasteiger partial charge in [-0.15, -0.1) is 0 Å². The first kappa shape index (κ1) is 24.6. The lowest BCUT2D eigenvalue weighted by atomic mass is 10.1. The van der Waals surface area contributed by atoms with E-state index < -0.39 is 0 Å². The molecule has 5 heteroatoms. The molecule has 180 valence electrons. The Morgan fingerprint density at radius 3 is 1.17 bits per heavy atom. The van der Waals surface area contributed by atoms with E-state index in [2.05, 4.69) is 24.3 Å². The van der Waals surface area contributed by atoms with Crippen LogP contribution in [0.4, 0.5) is 0 Å². The van der Waals surface area contributed by atoms with Gasteiger partial charge in [0.15, 0.2) is 0 Å². The van der Waals surface area contributed by atoms with Crippen molar-refractivity contribution in [3.05, 3.63) is 120 Å². The molecule has 2 atom stereocenters. The van der Waals surface area contributed by atoms with Gasteiger partial charge in [0.25, 0.3) is 0 Å². The average Bonchev–Trinajstić information content (AvgIpc) is 2.93. The minimum atomic E-state index is -0.0907. The number of benzene rings is 4. The van der Waals surface area contributed by atoms with E-state index >= 15 is 0 Å². The molecule has 4 rings (SSSR count). The molecule has 0 aliphatic heterocycles. The van der Waals surface area contributed by atoms with Crippen LogP contribution < -0.4 is 18.9 Å². The second kappa shape index (κ2) is 12.8. The molecule has 0 bridgehead atoms. The number of hydrogen-bond acceptors (Lipinski definition) is 5. The molecule has 0 aliphatic carbocycles. The highest BCUT2D eigenvalue weighted by molar-refractivity contribution is 7.99. The van der Waals surface area contributed by atoms with Crippen LogP contribution in [0.15, 0.2) is 109 Å². The van der Waals surface area contributed by atoms with Crippen LogP contribution in [0, 0.1) is 0 Å². The van der Waals surface area contributed by atoms with Crippen molar-refractivity contribution in [2.75, 3.05) is 25.7 Å². The van der Waals surface area contributed by atoms with Crippen molar-refractivity contribution in [2.45, 2.75) is 12.2 Å². The fourth-order valence-electron chi connectivity index (χ4n) is 3.65. The normalized spacial score (nSPS) is 12.4. The Labute approximate surface area is 211 Å². The van der Waals surface area contributed by atoms with Crippen LogP contribution in [0.2, 0.25) is 0 Å². The maximum absolute atomic E-state index is 6.40. The van der Waals surface area contributed by atoms with Crippen molar-refractivity contribution in [1.82, 2.24) is 0 Å². The second-order valence-electron chi connectivity index (χ2n) is 7.92. The maximum Gasteiger partial charge on any atom is 0.133 e. The average molecular weight is 487 g/mol. The lowest BCUT2D eigenvalue weighted by Crippen LogP contribution is -2.14. The highest BCUT2D eigenvalue weighted by Gasteiger charge is 2.18. The summed E-state index contributed by atoms with van der Waals surface area (Å²) < 4.78 is 23.3. The molecule has 35 heavy (non-hydrogen) atoms. The molecule has 4 aromatic rings. The van der Waals surface area contributed by atoms with Crippen molar-refractivity contribution >= 4 is 11.8 Å². The predicted molar refractivity (Wildman–Crippen MR) is 143 cm³/mol. The van der Waals surface area contributed by atoms with Gasteiger partial charge in [0.05, 0.1) is 14.2 Å². The third kappa shape index (κ3) is 7.20. The van der Waals surface area contributed by atoms with Crippen LogP contribution in [-0.2, 0) is 0 Å². The summed E-state index contributed by atoms with van der Waals surface area (Å²) in [6.45, 7) is 0. The van der Waals surface area contributed by atoms with Crippen molar-refractivity contribution in [1.29, 1.82) is 0 Å². The summed E-state index contributed by atoms with van der Waals surface area (Å²) in [5.74, 6) is 4.81. The minimum absolute atomic E-state index is 0.0907. The third-order valence-electron chi connectivity index (χ3n) is 5.56. The molecule has 4 aromatic carbocycles. The van der Waals surface area contributed by atoms with E-state index in [-0.39, 0.29) is 12.2 Å². The third-order valence-corrected chi connectivity index (χ3v) is 6.63. The summed E-state index contributed by atoms with van der Waals surface area (Å²) in [4.78, 5) is 0.